The number of ether oxygens (including phenoxy) is 7. The van der Waals surface area contributed by atoms with Crippen LogP contribution in [0.15, 0.2) is 51.4 Å². The number of allylic oxidation sites excluding steroid dienone is 1. The van der Waals surface area contributed by atoms with Gasteiger partial charge in [0.2, 0.25) is 0 Å². The molecule has 1 atom stereocenters. The molecule has 0 saturated heterocycles. The molecule has 0 N–H and O–H groups in total. The van der Waals surface area contributed by atoms with Crippen molar-refractivity contribution in [3.63, 3.8) is 0 Å². The molecule has 1 aromatic heterocycles. The number of thiazole rings is 1. The highest BCUT2D eigenvalue weighted by Crippen LogP contribution is 2.37. The van der Waals surface area contributed by atoms with Crippen LogP contribution < -0.4 is 33.8 Å². The molecule has 15 heteroatoms. The van der Waals surface area contributed by atoms with Crippen LogP contribution in [0, 0.1) is 3.57 Å². The molecule has 0 radical (unpaired) electrons. The van der Waals surface area contributed by atoms with Gasteiger partial charge in [-0.25, -0.2) is 19.4 Å². The standard InChI is InChI=1S/C33H35IN2O11S/c1-7-43-23-13-19(10-11-22(23)46-16-26(37)42-6)29-28(32(40)45-9-3)18(4)35-33-36(29)31(39)25(48-33)14-20-12-21(34)15-24(41-5)30(20)47-17-27(38)44-8-2/h10-15,29H,7-9,16-17H2,1-6H3/b25-14+/t29-/m1/s1. The second kappa shape index (κ2) is 16.6. The van der Waals surface area contributed by atoms with Gasteiger partial charge in [0, 0.05) is 9.13 Å². The van der Waals surface area contributed by atoms with E-state index in [9.17, 15) is 19.2 Å². The molecular weight excluding hydrogens is 759 g/mol. The Bertz CT molecular complexity index is 1910. The lowest BCUT2D eigenvalue weighted by Gasteiger charge is -2.25. The van der Waals surface area contributed by atoms with Crippen LogP contribution in [-0.2, 0) is 28.6 Å². The number of nitrogens with zero attached hydrogens (tertiary/aromatic N) is 2. The fraction of sp³-hybridized carbons (Fsp3) is 0.364. The van der Waals surface area contributed by atoms with Crippen molar-refractivity contribution in [1.82, 2.24) is 4.57 Å². The van der Waals surface area contributed by atoms with Gasteiger partial charge < -0.3 is 33.2 Å². The number of rotatable bonds is 14. The maximum Gasteiger partial charge on any atom is 0.344 e. The fourth-order valence-electron chi connectivity index (χ4n) is 4.86. The number of carbonyl (C=O) groups excluding carboxylic acids is 3. The van der Waals surface area contributed by atoms with Crippen molar-refractivity contribution in [3.05, 3.63) is 76.0 Å². The summed E-state index contributed by atoms with van der Waals surface area (Å²) in [4.78, 5) is 56.5. The van der Waals surface area contributed by atoms with Crippen LogP contribution in [0.1, 0.15) is 44.9 Å². The first-order chi connectivity index (χ1) is 23.1. The molecule has 0 bridgehead atoms. The molecule has 1 aliphatic rings. The SMILES string of the molecule is CCOC(=O)COc1c(/C=c2/sc3n(c2=O)[C@H](c2ccc(OCC(=O)OC)c(OCC)c2)C(C(=O)OCC)=C(C)N=3)cc(I)cc1OC. The molecular formula is C33H35IN2O11S. The molecule has 2 heterocycles. The van der Waals surface area contributed by atoms with Gasteiger partial charge in [0.25, 0.3) is 5.56 Å². The van der Waals surface area contributed by atoms with E-state index in [0.717, 1.165) is 14.9 Å². The summed E-state index contributed by atoms with van der Waals surface area (Å²) in [6.45, 7) is 6.74. The first-order valence-corrected chi connectivity index (χ1v) is 16.8. The van der Waals surface area contributed by atoms with E-state index in [2.05, 4.69) is 32.3 Å². The maximum atomic E-state index is 14.3. The monoisotopic (exact) mass is 794 g/mol. The van der Waals surface area contributed by atoms with Gasteiger partial charge in [-0.2, -0.15) is 0 Å². The van der Waals surface area contributed by atoms with Crippen molar-refractivity contribution in [2.75, 3.05) is 47.3 Å². The predicted molar refractivity (Wildman–Crippen MR) is 183 cm³/mol. The van der Waals surface area contributed by atoms with Crippen LogP contribution in [0.5, 0.6) is 23.0 Å². The molecule has 256 valence electrons. The largest absolute Gasteiger partial charge is 0.493 e. The van der Waals surface area contributed by atoms with Gasteiger partial charge >= 0.3 is 17.9 Å². The number of aromatic nitrogens is 1. The number of halogens is 1. The second-order valence-corrected chi connectivity index (χ2v) is 12.2. The van der Waals surface area contributed by atoms with E-state index in [-0.39, 0.29) is 54.6 Å². The minimum Gasteiger partial charge on any atom is -0.493 e. The molecule has 13 nitrogen and oxygen atoms in total. The summed E-state index contributed by atoms with van der Waals surface area (Å²) in [7, 11) is 2.73. The zero-order valence-electron chi connectivity index (χ0n) is 27.2. The summed E-state index contributed by atoms with van der Waals surface area (Å²) in [5.74, 6) is -0.565. The Morgan fingerprint density at radius 3 is 2.31 bits per heavy atom. The lowest BCUT2D eigenvalue weighted by molar-refractivity contribution is -0.145. The average molecular weight is 795 g/mol. The summed E-state index contributed by atoms with van der Waals surface area (Å²) in [6, 6.07) is 7.52. The highest BCUT2D eigenvalue weighted by molar-refractivity contribution is 14.1. The van der Waals surface area contributed by atoms with Crippen LogP contribution in [0.4, 0.5) is 0 Å². The van der Waals surface area contributed by atoms with Crippen molar-refractivity contribution < 1.29 is 47.5 Å². The zero-order valence-corrected chi connectivity index (χ0v) is 30.2. The topological polar surface area (TPSA) is 150 Å². The quantitative estimate of drug-likeness (QED) is 0.134. The van der Waals surface area contributed by atoms with Crippen LogP contribution in [-0.4, -0.2) is 69.7 Å². The third-order valence-electron chi connectivity index (χ3n) is 6.87. The molecule has 2 aromatic carbocycles. The number of methoxy groups -OCH3 is 2. The molecule has 1 aliphatic heterocycles. The first kappa shape index (κ1) is 36.5. The van der Waals surface area contributed by atoms with Crippen LogP contribution in [0.2, 0.25) is 0 Å². The van der Waals surface area contributed by atoms with Gasteiger partial charge in [-0.15, -0.1) is 0 Å². The van der Waals surface area contributed by atoms with E-state index >= 15 is 0 Å². The van der Waals surface area contributed by atoms with Gasteiger partial charge in [0.1, 0.15) is 0 Å². The van der Waals surface area contributed by atoms with Crippen LogP contribution in [0.25, 0.3) is 6.08 Å². The number of esters is 3. The van der Waals surface area contributed by atoms with Gasteiger partial charge in [0.05, 0.1) is 55.9 Å². The molecule has 0 unspecified atom stereocenters. The molecule has 0 spiro atoms. The van der Waals surface area contributed by atoms with E-state index in [1.54, 1.807) is 64.1 Å². The Morgan fingerprint density at radius 1 is 0.917 bits per heavy atom. The molecule has 0 saturated carbocycles. The van der Waals surface area contributed by atoms with Crippen molar-refractivity contribution >= 4 is 57.9 Å². The van der Waals surface area contributed by atoms with Crippen LogP contribution >= 0.6 is 33.9 Å². The summed E-state index contributed by atoms with van der Waals surface area (Å²) in [5, 5.41) is 0. The lowest BCUT2D eigenvalue weighted by atomic mass is 9.95. The predicted octanol–water partition coefficient (Wildman–Crippen LogP) is 3.30. The maximum absolute atomic E-state index is 14.3. The minimum atomic E-state index is -0.943. The Morgan fingerprint density at radius 2 is 1.65 bits per heavy atom. The molecule has 4 rings (SSSR count). The van der Waals surface area contributed by atoms with Crippen molar-refractivity contribution in [2.45, 2.75) is 33.7 Å². The fourth-order valence-corrected chi connectivity index (χ4v) is 6.52. The van der Waals surface area contributed by atoms with E-state index < -0.39 is 29.5 Å². The summed E-state index contributed by atoms with van der Waals surface area (Å²) in [5.41, 5.74) is 1.12. The molecule has 3 aromatic rings. The smallest absolute Gasteiger partial charge is 0.344 e. The summed E-state index contributed by atoms with van der Waals surface area (Å²) in [6.07, 6.45) is 1.63. The lowest BCUT2D eigenvalue weighted by Crippen LogP contribution is -2.40. The number of carbonyl (C=O) groups is 3. The zero-order chi connectivity index (χ0) is 35.0. The number of hydrogen-bond donors (Lipinski definition) is 0. The van der Waals surface area contributed by atoms with Crippen molar-refractivity contribution in [3.8, 4) is 23.0 Å². The summed E-state index contributed by atoms with van der Waals surface area (Å²) >= 11 is 3.24. The van der Waals surface area contributed by atoms with E-state index in [4.69, 9.17) is 28.4 Å². The van der Waals surface area contributed by atoms with Gasteiger partial charge in [-0.05, 0) is 86.2 Å². The van der Waals surface area contributed by atoms with E-state index in [0.29, 0.717) is 33.1 Å². The Labute approximate surface area is 293 Å². The van der Waals surface area contributed by atoms with Gasteiger partial charge in [0.15, 0.2) is 41.0 Å². The summed E-state index contributed by atoms with van der Waals surface area (Å²) < 4.78 is 40.4. The molecule has 0 fully saturated rings. The first-order valence-electron chi connectivity index (χ1n) is 14.9. The Kier molecular flexibility index (Phi) is 12.6. The normalized spacial score (nSPS) is 14.1. The Balaban J connectivity index is 1.91. The Hall–Kier alpha value is -4.38. The number of hydrogen-bond acceptors (Lipinski definition) is 13. The highest BCUT2D eigenvalue weighted by atomic mass is 127. The van der Waals surface area contributed by atoms with Crippen molar-refractivity contribution in [2.24, 2.45) is 4.99 Å². The van der Waals surface area contributed by atoms with E-state index in [1.807, 2.05) is 0 Å². The molecule has 0 amide bonds. The minimum absolute atomic E-state index is 0.111. The number of fused-ring (bicyclic) bond motifs is 1. The number of benzene rings is 2. The molecule has 0 aliphatic carbocycles. The van der Waals surface area contributed by atoms with Crippen molar-refractivity contribution in [1.29, 1.82) is 0 Å². The van der Waals surface area contributed by atoms with E-state index in [1.165, 1.54) is 18.8 Å². The average Bonchev–Trinajstić information content (AvgIpc) is 3.36. The second-order valence-electron chi connectivity index (χ2n) is 9.93. The third-order valence-corrected chi connectivity index (χ3v) is 8.47. The third kappa shape index (κ3) is 8.18. The van der Waals surface area contributed by atoms with Crippen LogP contribution in [0.3, 0.4) is 0 Å². The van der Waals surface area contributed by atoms with Gasteiger partial charge in [-0.3, -0.25) is 9.36 Å². The molecule has 48 heavy (non-hydrogen) atoms. The van der Waals surface area contributed by atoms with Gasteiger partial charge in [-0.1, -0.05) is 17.4 Å². The highest BCUT2D eigenvalue weighted by Gasteiger charge is 2.34.